The second-order valence-electron chi connectivity index (χ2n) is 5.20. The number of ether oxygens (including phenoxy) is 1. The van der Waals surface area contributed by atoms with Crippen LogP contribution >= 0.6 is 0 Å². The van der Waals surface area contributed by atoms with E-state index in [1.165, 1.54) is 0 Å². The standard InChI is InChI=1S/C15H16N2O3/c1-20-14-8-16-13-6-10(4-5-12(13)17-14)11(7-15(18)19)9-2-3-9/h4-6,8-9,11H,2-3,7H2,1H3,(H,18,19). The van der Waals surface area contributed by atoms with Crippen LogP contribution in [0.15, 0.2) is 24.4 Å². The second kappa shape index (κ2) is 5.07. The van der Waals surface area contributed by atoms with Crippen LogP contribution in [0, 0.1) is 5.92 Å². The first-order chi connectivity index (χ1) is 9.67. The van der Waals surface area contributed by atoms with Crippen molar-refractivity contribution in [1.29, 1.82) is 0 Å². The van der Waals surface area contributed by atoms with Gasteiger partial charge in [0, 0.05) is 0 Å². The molecule has 0 radical (unpaired) electrons. The molecule has 0 spiro atoms. The normalized spacial score (nSPS) is 16.1. The maximum absolute atomic E-state index is 11.0. The average Bonchev–Trinajstić information content (AvgIpc) is 3.28. The maximum Gasteiger partial charge on any atom is 0.303 e. The summed E-state index contributed by atoms with van der Waals surface area (Å²) in [6.07, 6.45) is 3.99. The number of carboxylic acids is 1. The van der Waals surface area contributed by atoms with E-state index in [1.807, 2.05) is 18.2 Å². The lowest BCUT2D eigenvalue weighted by Gasteiger charge is -2.14. The Morgan fingerprint density at radius 2 is 2.25 bits per heavy atom. The number of carboxylic acid groups (broad SMARTS) is 1. The minimum absolute atomic E-state index is 0.0841. The smallest absolute Gasteiger partial charge is 0.303 e. The third kappa shape index (κ3) is 2.57. The Balaban J connectivity index is 1.96. The molecule has 0 saturated heterocycles. The quantitative estimate of drug-likeness (QED) is 0.905. The number of nitrogens with zero attached hydrogens (tertiary/aromatic N) is 2. The Kier molecular flexibility index (Phi) is 3.26. The number of fused-ring (bicyclic) bond motifs is 1. The van der Waals surface area contributed by atoms with Crippen LogP contribution in [0.3, 0.4) is 0 Å². The Bertz CT molecular complexity index is 653. The third-order valence-corrected chi connectivity index (χ3v) is 3.77. The summed E-state index contributed by atoms with van der Waals surface area (Å²) < 4.78 is 5.05. The molecule has 1 unspecified atom stereocenters. The predicted octanol–water partition coefficient (Wildman–Crippen LogP) is 2.61. The zero-order valence-electron chi connectivity index (χ0n) is 11.2. The lowest BCUT2D eigenvalue weighted by Crippen LogP contribution is -2.08. The average molecular weight is 272 g/mol. The minimum atomic E-state index is -0.747. The van der Waals surface area contributed by atoms with Gasteiger partial charge in [-0.05, 0) is 42.4 Å². The highest BCUT2D eigenvalue weighted by Crippen LogP contribution is 2.44. The summed E-state index contributed by atoms with van der Waals surface area (Å²) in [6, 6.07) is 5.80. The van der Waals surface area contributed by atoms with Crippen LogP contribution in [0.2, 0.25) is 0 Å². The Labute approximate surface area is 116 Å². The highest BCUT2D eigenvalue weighted by atomic mass is 16.5. The molecule has 5 heteroatoms. The molecule has 1 aliphatic rings. The van der Waals surface area contributed by atoms with E-state index in [-0.39, 0.29) is 12.3 Å². The van der Waals surface area contributed by atoms with Gasteiger partial charge in [0.15, 0.2) is 0 Å². The van der Waals surface area contributed by atoms with Crippen molar-refractivity contribution in [1.82, 2.24) is 9.97 Å². The molecule has 20 heavy (non-hydrogen) atoms. The molecule has 1 aliphatic carbocycles. The van der Waals surface area contributed by atoms with Gasteiger partial charge in [0.1, 0.15) is 0 Å². The zero-order valence-corrected chi connectivity index (χ0v) is 11.2. The summed E-state index contributed by atoms with van der Waals surface area (Å²) in [5.74, 6) is 0.313. The van der Waals surface area contributed by atoms with Crippen molar-refractivity contribution in [2.24, 2.45) is 5.92 Å². The summed E-state index contributed by atoms with van der Waals surface area (Å²) in [4.78, 5) is 19.7. The highest BCUT2D eigenvalue weighted by molar-refractivity contribution is 5.76. The molecule has 1 atom stereocenters. The van der Waals surface area contributed by atoms with Gasteiger partial charge in [-0.25, -0.2) is 9.97 Å². The van der Waals surface area contributed by atoms with E-state index < -0.39 is 5.97 Å². The molecule has 3 rings (SSSR count). The van der Waals surface area contributed by atoms with E-state index in [2.05, 4.69) is 9.97 Å². The van der Waals surface area contributed by atoms with Crippen LogP contribution in [-0.2, 0) is 4.79 Å². The predicted molar refractivity (Wildman–Crippen MR) is 73.8 cm³/mol. The molecule has 5 nitrogen and oxygen atoms in total. The molecule has 2 aromatic rings. The first-order valence-corrected chi connectivity index (χ1v) is 6.70. The third-order valence-electron chi connectivity index (χ3n) is 3.77. The number of benzene rings is 1. The van der Waals surface area contributed by atoms with Crippen molar-refractivity contribution >= 4 is 17.0 Å². The molecule has 1 aromatic carbocycles. The molecular formula is C15H16N2O3. The molecule has 0 amide bonds. The van der Waals surface area contributed by atoms with E-state index in [4.69, 9.17) is 9.84 Å². The van der Waals surface area contributed by atoms with Crippen molar-refractivity contribution in [3.8, 4) is 5.88 Å². The maximum atomic E-state index is 11.0. The number of rotatable bonds is 5. The summed E-state index contributed by atoms with van der Waals surface area (Å²) in [5, 5.41) is 9.06. The van der Waals surface area contributed by atoms with Crippen LogP contribution in [0.25, 0.3) is 11.0 Å². The molecule has 0 aliphatic heterocycles. The zero-order chi connectivity index (χ0) is 14.1. The Morgan fingerprint density at radius 3 is 2.90 bits per heavy atom. The lowest BCUT2D eigenvalue weighted by atomic mass is 9.91. The summed E-state index contributed by atoms with van der Waals surface area (Å²) in [6.45, 7) is 0. The van der Waals surface area contributed by atoms with Gasteiger partial charge in [-0.15, -0.1) is 0 Å². The first kappa shape index (κ1) is 12.8. The van der Waals surface area contributed by atoms with Crippen LogP contribution < -0.4 is 4.74 Å². The van der Waals surface area contributed by atoms with E-state index >= 15 is 0 Å². The number of aromatic nitrogens is 2. The fourth-order valence-corrected chi connectivity index (χ4v) is 2.58. The summed E-state index contributed by atoms with van der Waals surface area (Å²) in [7, 11) is 1.56. The lowest BCUT2D eigenvalue weighted by molar-refractivity contribution is -0.137. The molecule has 1 heterocycles. The molecule has 0 bridgehead atoms. The van der Waals surface area contributed by atoms with Gasteiger partial charge in [0.05, 0.1) is 30.8 Å². The van der Waals surface area contributed by atoms with Gasteiger partial charge in [0.25, 0.3) is 0 Å². The van der Waals surface area contributed by atoms with Gasteiger partial charge in [0.2, 0.25) is 5.88 Å². The Morgan fingerprint density at radius 1 is 1.45 bits per heavy atom. The van der Waals surface area contributed by atoms with Crippen LogP contribution in [0.5, 0.6) is 5.88 Å². The van der Waals surface area contributed by atoms with Crippen molar-refractivity contribution in [3.05, 3.63) is 30.0 Å². The fraction of sp³-hybridized carbons (Fsp3) is 0.400. The summed E-state index contributed by atoms with van der Waals surface area (Å²) >= 11 is 0. The van der Waals surface area contributed by atoms with Crippen LogP contribution in [0.1, 0.15) is 30.7 Å². The van der Waals surface area contributed by atoms with E-state index in [0.29, 0.717) is 11.8 Å². The van der Waals surface area contributed by atoms with Crippen LogP contribution in [-0.4, -0.2) is 28.2 Å². The molecule has 1 aromatic heterocycles. The van der Waals surface area contributed by atoms with Gasteiger partial charge in [-0.2, -0.15) is 0 Å². The SMILES string of the molecule is COc1cnc2cc(C(CC(=O)O)C3CC3)ccc2n1. The minimum Gasteiger partial charge on any atom is -0.481 e. The first-order valence-electron chi connectivity index (χ1n) is 6.70. The van der Waals surface area contributed by atoms with E-state index in [1.54, 1.807) is 13.3 Å². The van der Waals surface area contributed by atoms with Gasteiger partial charge in [-0.1, -0.05) is 6.07 Å². The second-order valence-corrected chi connectivity index (χ2v) is 5.20. The molecule has 1 saturated carbocycles. The summed E-state index contributed by atoms with van der Waals surface area (Å²) in [5.41, 5.74) is 2.58. The number of aliphatic carboxylic acids is 1. The van der Waals surface area contributed by atoms with Gasteiger partial charge in [-0.3, -0.25) is 4.79 Å². The van der Waals surface area contributed by atoms with Gasteiger partial charge >= 0.3 is 5.97 Å². The topological polar surface area (TPSA) is 72.3 Å². The molecule has 104 valence electrons. The van der Waals surface area contributed by atoms with Crippen molar-refractivity contribution in [2.75, 3.05) is 7.11 Å². The number of carbonyl (C=O) groups is 1. The number of hydrogen-bond donors (Lipinski definition) is 1. The van der Waals surface area contributed by atoms with Crippen molar-refractivity contribution in [2.45, 2.75) is 25.2 Å². The number of hydrogen-bond acceptors (Lipinski definition) is 4. The van der Waals surface area contributed by atoms with Gasteiger partial charge < -0.3 is 9.84 Å². The monoisotopic (exact) mass is 272 g/mol. The fourth-order valence-electron chi connectivity index (χ4n) is 2.58. The molecule has 1 fully saturated rings. The van der Waals surface area contributed by atoms with Crippen molar-refractivity contribution < 1.29 is 14.6 Å². The van der Waals surface area contributed by atoms with E-state index in [0.717, 1.165) is 29.4 Å². The Hall–Kier alpha value is -2.17. The largest absolute Gasteiger partial charge is 0.481 e. The van der Waals surface area contributed by atoms with E-state index in [9.17, 15) is 4.79 Å². The molecule has 1 N–H and O–H groups in total. The van der Waals surface area contributed by atoms with Crippen molar-refractivity contribution in [3.63, 3.8) is 0 Å². The molecular weight excluding hydrogens is 256 g/mol. The highest BCUT2D eigenvalue weighted by Gasteiger charge is 2.33. The van der Waals surface area contributed by atoms with Crippen LogP contribution in [0.4, 0.5) is 0 Å². The number of methoxy groups -OCH3 is 1.